The minimum absolute atomic E-state index is 0.0555. The number of phenols is 1. The van der Waals surface area contributed by atoms with E-state index in [0.29, 0.717) is 17.1 Å². The van der Waals surface area contributed by atoms with Gasteiger partial charge in [-0.1, -0.05) is 13.8 Å². The van der Waals surface area contributed by atoms with E-state index in [1.54, 1.807) is 0 Å². The molecule has 0 amide bonds. The van der Waals surface area contributed by atoms with Gasteiger partial charge in [0.25, 0.3) is 0 Å². The summed E-state index contributed by atoms with van der Waals surface area (Å²) < 4.78 is 6.46. The van der Waals surface area contributed by atoms with Gasteiger partial charge in [-0.15, -0.1) is 0 Å². The van der Waals surface area contributed by atoms with Crippen molar-refractivity contribution in [2.75, 3.05) is 0 Å². The summed E-state index contributed by atoms with van der Waals surface area (Å²) in [6, 6.07) is 0. The molecule has 1 aliphatic heterocycles. The van der Waals surface area contributed by atoms with Crippen LogP contribution in [0.5, 0.6) is 11.5 Å². The zero-order valence-corrected chi connectivity index (χ0v) is 13.6. The predicted octanol–water partition coefficient (Wildman–Crippen LogP) is 4.76. The first kappa shape index (κ1) is 13.8. The van der Waals surface area contributed by atoms with E-state index >= 15 is 0 Å². The van der Waals surface area contributed by atoms with Crippen molar-refractivity contribution in [3.8, 4) is 11.5 Å². The average molecular weight is 274 g/mol. The highest BCUT2D eigenvalue weighted by molar-refractivity contribution is 5.60. The topological polar surface area (TPSA) is 29.5 Å². The Labute approximate surface area is 122 Å². The fourth-order valence-corrected chi connectivity index (χ4v) is 4.70. The minimum atomic E-state index is -0.0555. The van der Waals surface area contributed by atoms with E-state index in [4.69, 9.17) is 4.74 Å². The molecule has 2 heteroatoms. The maximum atomic E-state index is 10.4. The van der Waals surface area contributed by atoms with Gasteiger partial charge >= 0.3 is 0 Å². The molecule has 1 aromatic carbocycles. The van der Waals surface area contributed by atoms with Crippen molar-refractivity contribution in [1.29, 1.82) is 0 Å². The van der Waals surface area contributed by atoms with Crippen LogP contribution in [0.2, 0.25) is 0 Å². The SMILES string of the molecule is Cc1c(C)c2c(c(C)c1O)[C@H]1CC(C)(C)C[C@](C)(C1)O2. The van der Waals surface area contributed by atoms with Crippen LogP contribution in [0, 0.1) is 26.2 Å². The molecule has 1 aliphatic carbocycles. The Bertz CT molecular complexity index is 586. The lowest BCUT2D eigenvalue weighted by molar-refractivity contribution is -0.0291. The summed E-state index contributed by atoms with van der Waals surface area (Å²) in [6.07, 6.45) is 3.36. The Hall–Kier alpha value is -1.18. The fraction of sp³-hybridized carbons (Fsp3) is 0.667. The first-order valence-corrected chi connectivity index (χ1v) is 7.65. The van der Waals surface area contributed by atoms with Crippen molar-refractivity contribution in [3.63, 3.8) is 0 Å². The quantitative estimate of drug-likeness (QED) is 0.739. The molecule has 0 radical (unpaired) electrons. The van der Waals surface area contributed by atoms with Crippen LogP contribution < -0.4 is 4.74 Å². The van der Waals surface area contributed by atoms with Gasteiger partial charge in [-0.3, -0.25) is 0 Å². The summed E-state index contributed by atoms with van der Waals surface area (Å²) >= 11 is 0. The van der Waals surface area contributed by atoms with Crippen molar-refractivity contribution >= 4 is 0 Å². The Morgan fingerprint density at radius 3 is 2.30 bits per heavy atom. The number of aromatic hydroxyl groups is 1. The van der Waals surface area contributed by atoms with Gasteiger partial charge < -0.3 is 9.84 Å². The lowest BCUT2D eigenvalue weighted by Crippen LogP contribution is -2.47. The highest BCUT2D eigenvalue weighted by atomic mass is 16.5. The van der Waals surface area contributed by atoms with E-state index in [-0.39, 0.29) is 5.60 Å². The second-order valence-corrected chi connectivity index (χ2v) is 7.96. The highest BCUT2D eigenvalue weighted by Gasteiger charge is 2.48. The molecule has 1 N–H and O–H groups in total. The molecule has 20 heavy (non-hydrogen) atoms. The Kier molecular flexibility index (Phi) is 2.71. The number of hydrogen-bond donors (Lipinski definition) is 1. The molecule has 1 aromatic rings. The second kappa shape index (κ2) is 3.93. The van der Waals surface area contributed by atoms with Gasteiger partial charge in [-0.05, 0) is 75.0 Å². The Balaban J connectivity index is 2.24. The van der Waals surface area contributed by atoms with Crippen molar-refractivity contribution in [3.05, 3.63) is 22.3 Å². The molecule has 1 heterocycles. The van der Waals surface area contributed by atoms with E-state index in [1.165, 1.54) is 12.0 Å². The molecule has 1 saturated carbocycles. The minimum Gasteiger partial charge on any atom is -0.507 e. The molecule has 0 unspecified atom stereocenters. The monoisotopic (exact) mass is 274 g/mol. The second-order valence-electron chi connectivity index (χ2n) is 7.96. The van der Waals surface area contributed by atoms with Crippen LogP contribution in [-0.2, 0) is 0 Å². The van der Waals surface area contributed by atoms with Crippen molar-refractivity contribution < 1.29 is 9.84 Å². The summed E-state index contributed by atoms with van der Waals surface area (Å²) in [4.78, 5) is 0. The van der Waals surface area contributed by atoms with Gasteiger partial charge in [0.05, 0.1) is 0 Å². The molecule has 3 rings (SSSR count). The van der Waals surface area contributed by atoms with Crippen LogP contribution in [-0.4, -0.2) is 10.7 Å². The van der Waals surface area contributed by atoms with Gasteiger partial charge in [0.2, 0.25) is 0 Å². The largest absolute Gasteiger partial charge is 0.507 e. The van der Waals surface area contributed by atoms with Crippen molar-refractivity contribution in [2.45, 2.75) is 72.3 Å². The zero-order chi connectivity index (χ0) is 14.9. The molecule has 2 aliphatic rings. The maximum absolute atomic E-state index is 10.4. The molecule has 0 saturated heterocycles. The highest BCUT2D eigenvalue weighted by Crippen LogP contribution is 2.57. The molecule has 2 bridgehead atoms. The van der Waals surface area contributed by atoms with Gasteiger partial charge in [0.1, 0.15) is 17.1 Å². The zero-order valence-electron chi connectivity index (χ0n) is 13.6. The number of benzene rings is 1. The smallest absolute Gasteiger partial charge is 0.127 e. The van der Waals surface area contributed by atoms with E-state index in [9.17, 15) is 5.11 Å². The number of hydrogen-bond acceptors (Lipinski definition) is 2. The number of phenolic OH excluding ortho intramolecular Hbond substituents is 1. The van der Waals surface area contributed by atoms with E-state index in [1.807, 2.05) is 13.8 Å². The summed E-state index contributed by atoms with van der Waals surface area (Å²) in [6.45, 7) is 13.0. The molecule has 0 aromatic heterocycles. The predicted molar refractivity (Wildman–Crippen MR) is 81.7 cm³/mol. The third kappa shape index (κ3) is 1.84. The van der Waals surface area contributed by atoms with E-state index < -0.39 is 0 Å². The molecular formula is C18H26O2. The molecular weight excluding hydrogens is 248 g/mol. The van der Waals surface area contributed by atoms with Gasteiger partial charge in [-0.25, -0.2) is 0 Å². The third-order valence-corrected chi connectivity index (χ3v) is 5.35. The van der Waals surface area contributed by atoms with Gasteiger partial charge in [-0.2, -0.15) is 0 Å². The first-order valence-electron chi connectivity index (χ1n) is 7.65. The number of fused-ring (bicyclic) bond motifs is 4. The summed E-state index contributed by atoms with van der Waals surface area (Å²) in [5.41, 5.74) is 4.60. The summed E-state index contributed by atoms with van der Waals surface area (Å²) in [5.74, 6) is 2.02. The van der Waals surface area contributed by atoms with E-state index in [2.05, 4.69) is 27.7 Å². The van der Waals surface area contributed by atoms with E-state index in [0.717, 1.165) is 35.3 Å². The average Bonchev–Trinajstić information content (AvgIpc) is 2.30. The molecule has 2 atom stereocenters. The van der Waals surface area contributed by atoms with Gasteiger partial charge in [0, 0.05) is 5.56 Å². The molecule has 0 spiro atoms. The first-order chi connectivity index (χ1) is 9.14. The van der Waals surface area contributed by atoms with Crippen LogP contribution in [0.1, 0.15) is 68.2 Å². The number of ether oxygens (including phenoxy) is 1. The molecule has 2 nitrogen and oxygen atoms in total. The van der Waals surface area contributed by atoms with Crippen LogP contribution in [0.4, 0.5) is 0 Å². The van der Waals surface area contributed by atoms with Crippen molar-refractivity contribution in [1.82, 2.24) is 0 Å². The molecule has 110 valence electrons. The fourth-order valence-electron chi connectivity index (χ4n) is 4.70. The Morgan fingerprint density at radius 1 is 1.00 bits per heavy atom. The maximum Gasteiger partial charge on any atom is 0.127 e. The van der Waals surface area contributed by atoms with Crippen LogP contribution in [0.3, 0.4) is 0 Å². The number of rotatable bonds is 0. The lowest BCUT2D eigenvalue weighted by Gasteiger charge is -2.51. The molecule has 1 fully saturated rings. The third-order valence-electron chi connectivity index (χ3n) is 5.35. The van der Waals surface area contributed by atoms with Gasteiger partial charge in [0.15, 0.2) is 0 Å². The summed E-state index contributed by atoms with van der Waals surface area (Å²) in [7, 11) is 0. The summed E-state index contributed by atoms with van der Waals surface area (Å²) in [5, 5.41) is 10.4. The van der Waals surface area contributed by atoms with Crippen LogP contribution in [0.15, 0.2) is 0 Å². The standard InChI is InChI=1S/C18H26O2/c1-10-11(2)16-14(12(3)15(10)19)13-7-17(4,5)9-18(6,8-13)20-16/h13,19H,7-9H2,1-6H3/t13-,18-/m0/s1. The Morgan fingerprint density at radius 2 is 1.65 bits per heavy atom. The van der Waals surface area contributed by atoms with Crippen molar-refractivity contribution in [2.24, 2.45) is 5.41 Å². The van der Waals surface area contributed by atoms with Crippen LogP contribution in [0.25, 0.3) is 0 Å². The normalized spacial score (nSPS) is 30.6. The van der Waals surface area contributed by atoms with Crippen LogP contribution >= 0.6 is 0 Å². The lowest BCUT2D eigenvalue weighted by atomic mass is 9.62.